The quantitative estimate of drug-likeness (QED) is 0.842. The molecule has 0 amide bonds. The summed E-state index contributed by atoms with van der Waals surface area (Å²) >= 11 is 0. The van der Waals surface area contributed by atoms with Gasteiger partial charge in [0.25, 0.3) is 0 Å². The summed E-state index contributed by atoms with van der Waals surface area (Å²) in [5.74, 6) is 0.582. The Morgan fingerprint density at radius 2 is 1.79 bits per heavy atom. The number of carboxylic acids is 1. The van der Waals surface area contributed by atoms with Crippen LogP contribution in [0, 0.1) is 6.92 Å². The first-order valence-corrected chi connectivity index (χ1v) is 5.90. The summed E-state index contributed by atoms with van der Waals surface area (Å²) in [6.07, 6.45) is 2.65. The van der Waals surface area contributed by atoms with E-state index in [4.69, 9.17) is 9.84 Å². The van der Waals surface area contributed by atoms with Crippen molar-refractivity contribution < 1.29 is 14.6 Å². The van der Waals surface area contributed by atoms with E-state index in [1.54, 1.807) is 6.08 Å². The van der Waals surface area contributed by atoms with E-state index in [0.29, 0.717) is 0 Å². The van der Waals surface area contributed by atoms with Crippen molar-refractivity contribution in [1.82, 2.24) is 0 Å². The molecule has 0 heterocycles. The van der Waals surface area contributed by atoms with Crippen LogP contribution in [-0.2, 0) is 4.79 Å². The highest BCUT2D eigenvalue weighted by Crippen LogP contribution is 2.24. The molecule has 0 atom stereocenters. The minimum absolute atomic E-state index is 0.724. The molecule has 19 heavy (non-hydrogen) atoms. The molecule has 0 bridgehead atoms. The van der Waals surface area contributed by atoms with Crippen LogP contribution in [0.4, 0.5) is 0 Å². The van der Waals surface area contributed by atoms with E-state index in [1.807, 2.05) is 55.5 Å². The van der Waals surface area contributed by atoms with Gasteiger partial charge in [0.2, 0.25) is 0 Å². The molecule has 0 radical (unpaired) electrons. The third-order valence-corrected chi connectivity index (χ3v) is 2.62. The fourth-order valence-electron chi connectivity index (χ4n) is 1.61. The molecule has 0 aliphatic rings. The Morgan fingerprint density at radius 3 is 2.42 bits per heavy atom. The Kier molecular flexibility index (Phi) is 3.98. The van der Waals surface area contributed by atoms with Crippen molar-refractivity contribution >= 4 is 12.0 Å². The second-order valence-corrected chi connectivity index (χ2v) is 4.11. The highest BCUT2D eigenvalue weighted by molar-refractivity contribution is 5.85. The van der Waals surface area contributed by atoms with Gasteiger partial charge in [-0.2, -0.15) is 0 Å². The average Bonchev–Trinajstić information content (AvgIpc) is 2.40. The topological polar surface area (TPSA) is 46.5 Å². The number of carbonyl (C=O) groups is 1. The molecule has 2 aromatic carbocycles. The molecular weight excluding hydrogens is 240 g/mol. The summed E-state index contributed by atoms with van der Waals surface area (Å²) in [7, 11) is 0. The Morgan fingerprint density at radius 1 is 1.11 bits per heavy atom. The van der Waals surface area contributed by atoms with Crippen LogP contribution >= 0.6 is 0 Å². The molecule has 2 aromatic rings. The zero-order valence-corrected chi connectivity index (χ0v) is 10.5. The maximum absolute atomic E-state index is 10.4. The average molecular weight is 254 g/mol. The summed E-state index contributed by atoms with van der Waals surface area (Å²) in [6, 6.07) is 15.0. The molecule has 0 aliphatic carbocycles. The van der Waals surface area contributed by atoms with Gasteiger partial charge >= 0.3 is 5.97 Å². The van der Waals surface area contributed by atoms with E-state index < -0.39 is 5.97 Å². The molecular formula is C16H14O3. The molecule has 0 aromatic heterocycles. The number of benzene rings is 2. The lowest BCUT2D eigenvalue weighted by molar-refractivity contribution is -0.131. The predicted molar refractivity (Wildman–Crippen MR) is 74.4 cm³/mol. The van der Waals surface area contributed by atoms with Crippen molar-refractivity contribution in [1.29, 1.82) is 0 Å². The molecule has 3 nitrogen and oxygen atoms in total. The van der Waals surface area contributed by atoms with Gasteiger partial charge in [-0.3, -0.25) is 0 Å². The smallest absolute Gasteiger partial charge is 0.328 e. The Labute approximate surface area is 111 Å². The minimum Gasteiger partial charge on any atom is -0.478 e. The molecule has 3 heteroatoms. The Bertz CT molecular complexity index is 598. The van der Waals surface area contributed by atoms with Crippen LogP contribution < -0.4 is 4.74 Å². The third kappa shape index (κ3) is 3.71. The monoisotopic (exact) mass is 254 g/mol. The molecule has 0 unspecified atom stereocenters. The normalized spacial score (nSPS) is 10.6. The first-order chi connectivity index (χ1) is 9.15. The second kappa shape index (κ2) is 5.87. The van der Waals surface area contributed by atoms with Crippen LogP contribution in [0.15, 0.2) is 54.6 Å². The minimum atomic E-state index is -0.958. The van der Waals surface area contributed by atoms with E-state index in [0.717, 1.165) is 28.7 Å². The van der Waals surface area contributed by atoms with Crippen LogP contribution in [0.25, 0.3) is 6.08 Å². The lowest BCUT2D eigenvalue weighted by atomic mass is 10.2. The zero-order chi connectivity index (χ0) is 13.7. The molecule has 0 spiro atoms. The number of rotatable bonds is 4. The van der Waals surface area contributed by atoms with Gasteiger partial charge in [-0.1, -0.05) is 30.3 Å². The summed E-state index contributed by atoms with van der Waals surface area (Å²) in [5, 5.41) is 8.54. The number of aliphatic carboxylic acids is 1. The van der Waals surface area contributed by atoms with Crippen molar-refractivity contribution in [3.63, 3.8) is 0 Å². The number of para-hydroxylation sites is 1. The van der Waals surface area contributed by atoms with Gasteiger partial charge in [0, 0.05) is 6.08 Å². The summed E-state index contributed by atoms with van der Waals surface area (Å²) < 4.78 is 5.75. The van der Waals surface area contributed by atoms with Crippen molar-refractivity contribution in [2.24, 2.45) is 0 Å². The van der Waals surface area contributed by atoms with Crippen LogP contribution in [0.1, 0.15) is 11.1 Å². The molecule has 2 rings (SSSR count). The van der Waals surface area contributed by atoms with Gasteiger partial charge in [0.15, 0.2) is 0 Å². The zero-order valence-electron chi connectivity index (χ0n) is 10.5. The van der Waals surface area contributed by atoms with E-state index in [-0.39, 0.29) is 0 Å². The standard InChI is InChI=1S/C16H14O3/c1-12-4-2-3-5-15(12)19-14-9-6-13(7-10-14)8-11-16(17)18/h2-11H,1H3,(H,17,18). The van der Waals surface area contributed by atoms with E-state index in [9.17, 15) is 4.79 Å². The van der Waals surface area contributed by atoms with Crippen LogP contribution in [0.5, 0.6) is 11.5 Å². The van der Waals surface area contributed by atoms with Gasteiger partial charge in [0.05, 0.1) is 0 Å². The van der Waals surface area contributed by atoms with Crippen molar-refractivity contribution in [2.75, 3.05) is 0 Å². The van der Waals surface area contributed by atoms with Crippen molar-refractivity contribution in [3.8, 4) is 11.5 Å². The lowest BCUT2D eigenvalue weighted by Crippen LogP contribution is -1.87. The van der Waals surface area contributed by atoms with Gasteiger partial charge in [-0.05, 0) is 42.3 Å². The predicted octanol–water partition coefficient (Wildman–Crippen LogP) is 3.89. The second-order valence-electron chi connectivity index (χ2n) is 4.11. The van der Waals surface area contributed by atoms with Crippen LogP contribution in [0.3, 0.4) is 0 Å². The van der Waals surface area contributed by atoms with Crippen molar-refractivity contribution in [3.05, 3.63) is 65.7 Å². The number of ether oxygens (including phenoxy) is 1. The number of aryl methyl sites for hydroxylation is 1. The van der Waals surface area contributed by atoms with E-state index >= 15 is 0 Å². The van der Waals surface area contributed by atoms with E-state index in [1.165, 1.54) is 0 Å². The van der Waals surface area contributed by atoms with Gasteiger partial charge in [-0.15, -0.1) is 0 Å². The molecule has 0 saturated heterocycles. The molecule has 1 N–H and O–H groups in total. The summed E-state index contributed by atoms with van der Waals surface area (Å²) in [5.41, 5.74) is 1.89. The maximum atomic E-state index is 10.4. The number of hydrogen-bond donors (Lipinski definition) is 1. The highest BCUT2D eigenvalue weighted by atomic mass is 16.5. The van der Waals surface area contributed by atoms with Gasteiger partial charge in [0.1, 0.15) is 11.5 Å². The molecule has 96 valence electrons. The lowest BCUT2D eigenvalue weighted by Gasteiger charge is -2.08. The maximum Gasteiger partial charge on any atom is 0.328 e. The van der Waals surface area contributed by atoms with E-state index in [2.05, 4.69) is 0 Å². The highest BCUT2D eigenvalue weighted by Gasteiger charge is 2.00. The number of hydrogen-bond acceptors (Lipinski definition) is 2. The first-order valence-electron chi connectivity index (χ1n) is 5.90. The first kappa shape index (κ1) is 12.9. The fourth-order valence-corrected chi connectivity index (χ4v) is 1.61. The SMILES string of the molecule is Cc1ccccc1Oc1ccc(C=CC(=O)O)cc1. The summed E-state index contributed by atoms with van der Waals surface area (Å²) in [6.45, 7) is 1.99. The summed E-state index contributed by atoms with van der Waals surface area (Å²) in [4.78, 5) is 10.4. The molecule has 0 saturated carbocycles. The molecule has 0 aliphatic heterocycles. The third-order valence-electron chi connectivity index (χ3n) is 2.62. The van der Waals surface area contributed by atoms with Crippen LogP contribution in [-0.4, -0.2) is 11.1 Å². The van der Waals surface area contributed by atoms with Crippen LogP contribution in [0.2, 0.25) is 0 Å². The molecule has 0 fully saturated rings. The van der Waals surface area contributed by atoms with Crippen molar-refractivity contribution in [2.45, 2.75) is 6.92 Å². The fraction of sp³-hybridized carbons (Fsp3) is 0.0625. The van der Waals surface area contributed by atoms with Gasteiger partial charge < -0.3 is 9.84 Å². The van der Waals surface area contributed by atoms with Gasteiger partial charge in [-0.25, -0.2) is 4.79 Å². The Hall–Kier alpha value is -2.55. The Balaban J connectivity index is 2.11. The number of carboxylic acid groups (broad SMARTS) is 1. The largest absolute Gasteiger partial charge is 0.478 e.